The molecule has 3 N–H and O–H groups in total. The molecule has 0 saturated carbocycles. The van der Waals surface area contributed by atoms with E-state index in [1.54, 1.807) is 0 Å². The van der Waals surface area contributed by atoms with Crippen molar-refractivity contribution >= 4 is 11.6 Å². The summed E-state index contributed by atoms with van der Waals surface area (Å²) in [7, 11) is 0. The SMILES string of the molecule is CCCCC(CCC)NC(=O)CC(C)c1ccc(N)cc1. The first-order valence-corrected chi connectivity index (χ1v) is 8.21. The van der Waals surface area contributed by atoms with Gasteiger partial charge in [0.15, 0.2) is 0 Å². The second kappa shape index (κ2) is 9.43. The van der Waals surface area contributed by atoms with Gasteiger partial charge in [-0.2, -0.15) is 0 Å². The van der Waals surface area contributed by atoms with Gasteiger partial charge in [0.1, 0.15) is 0 Å². The molecule has 0 saturated heterocycles. The fourth-order valence-corrected chi connectivity index (χ4v) is 2.59. The number of nitrogens with two attached hydrogens (primary N) is 1. The Kier molecular flexibility index (Phi) is 7.88. The molecule has 0 aromatic heterocycles. The number of benzene rings is 1. The predicted octanol–water partition coefficient (Wildman–Crippen LogP) is 4.24. The van der Waals surface area contributed by atoms with Crippen LogP contribution in [0.25, 0.3) is 0 Å². The molecule has 0 aliphatic carbocycles. The van der Waals surface area contributed by atoms with E-state index in [2.05, 4.69) is 26.1 Å². The summed E-state index contributed by atoms with van der Waals surface area (Å²) in [5, 5.41) is 3.20. The Morgan fingerprint density at radius 2 is 1.81 bits per heavy atom. The van der Waals surface area contributed by atoms with Gasteiger partial charge in [-0.1, -0.05) is 52.2 Å². The molecular weight excluding hydrogens is 260 g/mol. The second-order valence-electron chi connectivity index (χ2n) is 5.97. The second-order valence-corrected chi connectivity index (χ2v) is 5.97. The normalized spacial score (nSPS) is 13.7. The summed E-state index contributed by atoms with van der Waals surface area (Å²) in [5.74, 6) is 0.382. The largest absolute Gasteiger partial charge is 0.399 e. The van der Waals surface area contributed by atoms with Crippen molar-refractivity contribution < 1.29 is 4.79 Å². The topological polar surface area (TPSA) is 55.1 Å². The highest BCUT2D eigenvalue weighted by Gasteiger charge is 2.15. The zero-order valence-corrected chi connectivity index (χ0v) is 13.7. The summed E-state index contributed by atoms with van der Waals surface area (Å²) in [4.78, 5) is 12.2. The Labute approximate surface area is 129 Å². The fraction of sp³-hybridized carbons (Fsp3) is 0.611. The van der Waals surface area contributed by atoms with Gasteiger partial charge in [-0.25, -0.2) is 0 Å². The summed E-state index contributed by atoms with van der Waals surface area (Å²) in [6, 6.07) is 8.14. The van der Waals surface area contributed by atoms with Gasteiger partial charge in [-0.05, 0) is 36.5 Å². The van der Waals surface area contributed by atoms with Crippen molar-refractivity contribution in [1.29, 1.82) is 0 Å². The third-order valence-electron chi connectivity index (χ3n) is 3.91. The lowest BCUT2D eigenvalue weighted by Crippen LogP contribution is -2.35. The van der Waals surface area contributed by atoms with Crippen LogP contribution in [-0.4, -0.2) is 11.9 Å². The molecule has 1 aromatic carbocycles. The van der Waals surface area contributed by atoms with Gasteiger partial charge in [0.2, 0.25) is 5.91 Å². The molecule has 0 bridgehead atoms. The number of hydrogen-bond donors (Lipinski definition) is 2. The van der Waals surface area contributed by atoms with Crippen molar-refractivity contribution in [2.24, 2.45) is 0 Å². The molecule has 1 amide bonds. The van der Waals surface area contributed by atoms with E-state index in [1.165, 1.54) is 18.4 Å². The minimum atomic E-state index is 0.161. The number of nitrogens with one attached hydrogen (secondary N) is 1. The molecule has 2 atom stereocenters. The quantitative estimate of drug-likeness (QED) is 0.668. The average Bonchev–Trinajstić information content (AvgIpc) is 2.45. The first kappa shape index (κ1) is 17.5. The van der Waals surface area contributed by atoms with E-state index >= 15 is 0 Å². The molecule has 3 heteroatoms. The van der Waals surface area contributed by atoms with Crippen molar-refractivity contribution in [3.63, 3.8) is 0 Å². The van der Waals surface area contributed by atoms with Crippen LogP contribution in [0.3, 0.4) is 0 Å². The molecule has 0 heterocycles. The fourth-order valence-electron chi connectivity index (χ4n) is 2.59. The minimum absolute atomic E-state index is 0.161. The number of nitrogen functional groups attached to an aromatic ring is 1. The van der Waals surface area contributed by atoms with Crippen LogP contribution in [0, 0.1) is 0 Å². The van der Waals surface area contributed by atoms with E-state index < -0.39 is 0 Å². The van der Waals surface area contributed by atoms with Crippen molar-refractivity contribution in [2.75, 3.05) is 5.73 Å². The van der Waals surface area contributed by atoms with Crippen LogP contribution in [-0.2, 0) is 4.79 Å². The highest BCUT2D eigenvalue weighted by atomic mass is 16.1. The first-order chi connectivity index (χ1) is 10.1. The van der Waals surface area contributed by atoms with E-state index in [0.717, 1.165) is 24.9 Å². The van der Waals surface area contributed by atoms with Crippen LogP contribution in [0.5, 0.6) is 0 Å². The first-order valence-electron chi connectivity index (χ1n) is 8.21. The zero-order chi connectivity index (χ0) is 15.7. The maximum absolute atomic E-state index is 12.2. The Morgan fingerprint density at radius 3 is 2.38 bits per heavy atom. The lowest BCUT2D eigenvalue weighted by atomic mass is 9.96. The summed E-state index contributed by atoms with van der Waals surface area (Å²) in [6.45, 7) is 6.45. The third-order valence-corrected chi connectivity index (χ3v) is 3.91. The molecule has 21 heavy (non-hydrogen) atoms. The molecule has 0 radical (unpaired) electrons. The van der Waals surface area contributed by atoms with Crippen molar-refractivity contribution in [3.05, 3.63) is 29.8 Å². The lowest BCUT2D eigenvalue weighted by Gasteiger charge is -2.19. The molecular formula is C18H30N2O. The smallest absolute Gasteiger partial charge is 0.220 e. The van der Waals surface area contributed by atoms with Gasteiger partial charge >= 0.3 is 0 Å². The summed E-state index contributed by atoms with van der Waals surface area (Å²) in [6.07, 6.45) is 6.17. The molecule has 1 aromatic rings. The van der Waals surface area contributed by atoms with E-state index in [1.807, 2.05) is 24.3 Å². The van der Waals surface area contributed by atoms with Gasteiger partial charge in [-0.15, -0.1) is 0 Å². The maximum atomic E-state index is 12.2. The highest BCUT2D eigenvalue weighted by Crippen LogP contribution is 2.20. The molecule has 0 fully saturated rings. The molecule has 0 aliphatic rings. The summed E-state index contributed by atoms with van der Waals surface area (Å²) >= 11 is 0. The van der Waals surface area contributed by atoms with Crippen molar-refractivity contribution in [1.82, 2.24) is 5.32 Å². The monoisotopic (exact) mass is 290 g/mol. The molecule has 1 rings (SSSR count). The Balaban J connectivity index is 2.48. The summed E-state index contributed by atoms with van der Waals surface area (Å²) < 4.78 is 0. The number of hydrogen-bond acceptors (Lipinski definition) is 2. The number of rotatable bonds is 9. The Morgan fingerprint density at radius 1 is 1.14 bits per heavy atom. The van der Waals surface area contributed by atoms with Gasteiger partial charge in [0.05, 0.1) is 0 Å². The van der Waals surface area contributed by atoms with Crippen LogP contribution in [0.15, 0.2) is 24.3 Å². The Bertz CT molecular complexity index is 414. The lowest BCUT2D eigenvalue weighted by molar-refractivity contribution is -0.122. The number of anilines is 1. The summed E-state index contributed by atoms with van der Waals surface area (Å²) in [5.41, 5.74) is 7.62. The zero-order valence-electron chi connectivity index (χ0n) is 13.7. The van der Waals surface area contributed by atoms with E-state index in [0.29, 0.717) is 12.5 Å². The van der Waals surface area contributed by atoms with E-state index in [9.17, 15) is 4.79 Å². The number of amides is 1. The number of carbonyl (C=O) groups excluding carboxylic acids is 1. The predicted molar refractivity (Wildman–Crippen MR) is 90.3 cm³/mol. The van der Waals surface area contributed by atoms with Gasteiger partial charge in [0.25, 0.3) is 0 Å². The van der Waals surface area contributed by atoms with Crippen molar-refractivity contribution in [3.8, 4) is 0 Å². The number of carbonyl (C=O) groups is 1. The van der Waals surface area contributed by atoms with Gasteiger partial charge < -0.3 is 11.1 Å². The van der Waals surface area contributed by atoms with E-state index in [4.69, 9.17) is 5.73 Å². The molecule has 3 nitrogen and oxygen atoms in total. The minimum Gasteiger partial charge on any atom is -0.399 e. The van der Waals surface area contributed by atoms with Crippen molar-refractivity contribution in [2.45, 2.75) is 71.3 Å². The van der Waals surface area contributed by atoms with Crippen LogP contribution in [0.1, 0.15) is 70.8 Å². The molecule has 0 spiro atoms. The average molecular weight is 290 g/mol. The molecule has 0 aliphatic heterocycles. The van der Waals surface area contributed by atoms with Crippen LogP contribution in [0.2, 0.25) is 0 Å². The number of unbranched alkanes of at least 4 members (excludes halogenated alkanes) is 1. The molecule has 2 unspecified atom stereocenters. The van der Waals surface area contributed by atoms with Crippen LogP contribution >= 0.6 is 0 Å². The Hall–Kier alpha value is -1.51. The third kappa shape index (κ3) is 6.65. The maximum Gasteiger partial charge on any atom is 0.220 e. The van der Waals surface area contributed by atoms with Gasteiger partial charge in [-0.3, -0.25) is 4.79 Å². The van der Waals surface area contributed by atoms with Gasteiger partial charge in [0, 0.05) is 18.2 Å². The van der Waals surface area contributed by atoms with Crippen LogP contribution in [0.4, 0.5) is 5.69 Å². The van der Waals surface area contributed by atoms with E-state index in [-0.39, 0.29) is 11.8 Å². The van der Waals surface area contributed by atoms with Crippen LogP contribution < -0.4 is 11.1 Å². The highest BCUT2D eigenvalue weighted by molar-refractivity contribution is 5.77. The molecule has 118 valence electrons. The standard InChI is InChI=1S/C18H30N2O/c1-4-6-8-17(7-5-2)20-18(21)13-14(3)15-9-11-16(19)12-10-15/h9-12,14,17H,4-8,13,19H2,1-3H3,(H,20,21).